The molecule has 0 radical (unpaired) electrons. The van der Waals surface area contributed by atoms with Crippen LogP contribution in [0.4, 0.5) is 0 Å². The fourth-order valence-electron chi connectivity index (χ4n) is 2.66. The highest BCUT2D eigenvalue weighted by atomic mass is 16.5. The third-order valence-electron chi connectivity index (χ3n) is 3.79. The van der Waals surface area contributed by atoms with Crippen LogP contribution < -0.4 is 4.74 Å². The quantitative estimate of drug-likeness (QED) is 0.597. The zero-order valence-corrected chi connectivity index (χ0v) is 13.5. The molecule has 0 unspecified atom stereocenters. The average molecular weight is 299 g/mol. The number of carbonyl (C=O) groups excluding carboxylic acids is 1. The van der Waals surface area contributed by atoms with E-state index in [4.69, 9.17) is 4.74 Å². The molecule has 0 N–H and O–H groups in total. The molecular weight excluding hydrogens is 274 g/mol. The smallest absolute Gasteiger partial charge is 0.205 e. The maximum absolute atomic E-state index is 11.6. The first-order valence-electron chi connectivity index (χ1n) is 8.08. The first-order chi connectivity index (χ1) is 10.6. The van der Waals surface area contributed by atoms with Crippen LogP contribution in [0, 0.1) is 17.8 Å². The van der Waals surface area contributed by atoms with Gasteiger partial charge in [-0.05, 0) is 43.4 Å². The Hall–Kier alpha value is -1.79. The Kier molecular flexibility index (Phi) is 6.48. The molecule has 0 bridgehead atoms. The predicted octanol–water partition coefficient (Wildman–Crippen LogP) is 3.15. The van der Waals surface area contributed by atoms with E-state index in [9.17, 15) is 4.79 Å². The molecular formula is C19H25NO2. The lowest BCUT2D eigenvalue weighted by Crippen LogP contribution is -2.34. The van der Waals surface area contributed by atoms with Crippen LogP contribution in [0.2, 0.25) is 0 Å². The van der Waals surface area contributed by atoms with E-state index in [1.807, 2.05) is 44.2 Å². The number of likely N-dealkylation sites (tertiary alicyclic amines) is 1. The molecule has 0 saturated carbocycles. The van der Waals surface area contributed by atoms with Crippen molar-refractivity contribution in [1.29, 1.82) is 0 Å². The molecule has 1 atom stereocenters. The Balaban J connectivity index is 1.78. The van der Waals surface area contributed by atoms with E-state index < -0.39 is 0 Å². The lowest BCUT2D eigenvalue weighted by molar-refractivity contribution is -0.114. The Morgan fingerprint density at radius 2 is 2.14 bits per heavy atom. The van der Waals surface area contributed by atoms with Gasteiger partial charge in [0.15, 0.2) is 0 Å². The minimum atomic E-state index is 0.0475. The molecule has 1 aliphatic rings. The Labute approximate surface area is 133 Å². The minimum absolute atomic E-state index is 0.0475. The number of carbonyl (C=O) groups is 1. The monoisotopic (exact) mass is 299 g/mol. The number of ether oxygens (including phenoxy) is 1. The number of ketones is 1. The van der Waals surface area contributed by atoms with Gasteiger partial charge in [-0.25, -0.2) is 0 Å². The number of hydrogen-bond acceptors (Lipinski definition) is 3. The molecule has 1 aromatic rings. The fourth-order valence-corrected chi connectivity index (χ4v) is 2.66. The lowest BCUT2D eigenvalue weighted by atomic mass is 10.1. The minimum Gasteiger partial charge on any atom is -0.492 e. The SMILES string of the molecule is CC(C)CC(=O)C#CCN1CCC[C@H]1COc1ccccc1. The molecule has 1 aliphatic heterocycles. The molecule has 0 aliphatic carbocycles. The predicted molar refractivity (Wildman–Crippen MR) is 88.8 cm³/mol. The Morgan fingerprint density at radius 3 is 2.86 bits per heavy atom. The zero-order valence-electron chi connectivity index (χ0n) is 13.5. The van der Waals surface area contributed by atoms with Crippen LogP contribution >= 0.6 is 0 Å². The van der Waals surface area contributed by atoms with Gasteiger partial charge in [0.05, 0.1) is 6.54 Å². The molecule has 1 aromatic carbocycles. The summed E-state index contributed by atoms with van der Waals surface area (Å²) in [4.78, 5) is 13.9. The van der Waals surface area contributed by atoms with Crippen LogP contribution in [-0.4, -0.2) is 36.4 Å². The van der Waals surface area contributed by atoms with E-state index in [-0.39, 0.29) is 5.78 Å². The molecule has 1 fully saturated rings. The summed E-state index contributed by atoms with van der Waals surface area (Å²) < 4.78 is 5.84. The van der Waals surface area contributed by atoms with Crippen LogP contribution in [0.25, 0.3) is 0 Å². The summed E-state index contributed by atoms with van der Waals surface area (Å²) in [5.74, 6) is 7.13. The highest BCUT2D eigenvalue weighted by Gasteiger charge is 2.24. The second kappa shape index (κ2) is 8.60. The van der Waals surface area contributed by atoms with Crippen LogP contribution in [0.3, 0.4) is 0 Å². The van der Waals surface area contributed by atoms with Gasteiger partial charge in [-0.2, -0.15) is 0 Å². The number of benzene rings is 1. The highest BCUT2D eigenvalue weighted by molar-refractivity contribution is 5.95. The summed E-state index contributed by atoms with van der Waals surface area (Å²) in [6.07, 6.45) is 2.85. The van der Waals surface area contributed by atoms with E-state index >= 15 is 0 Å². The number of nitrogens with zero attached hydrogens (tertiary/aromatic N) is 1. The molecule has 2 rings (SSSR count). The summed E-state index contributed by atoms with van der Waals surface area (Å²) in [6.45, 7) is 6.46. The molecule has 22 heavy (non-hydrogen) atoms. The number of hydrogen-bond donors (Lipinski definition) is 0. The van der Waals surface area contributed by atoms with Crippen molar-refractivity contribution in [3.8, 4) is 17.6 Å². The van der Waals surface area contributed by atoms with Crippen LogP contribution in [0.15, 0.2) is 30.3 Å². The molecule has 0 spiro atoms. The highest BCUT2D eigenvalue weighted by Crippen LogP contribution is 2.18. The normalized spacial score (nSPS) is 18.0. The zero-order chi connectivity index (χ0) is 15.8. The molecule has 118 valence electrons. The van der Waals surface area contributed by atoms with Gasteiger partial charge in [-0.15, -0.1) is 0 Å². The first kappa shape index (κ1) is 16.6. The Bertz CT molecular complexity index is 527. The standard InChI is InChI=1S/C19H25NO2/c1-16(2)14-18(21)9-7-13-20-12-6-8-17(20)15-22-19-10-4-3-5-11-19/h3-5,10-11,16-17H,6,8,12-15H2,1-2H3/t17-/m0/s1. The maximum Gasteiger partial charge on any atom is 0.205 e. The molecule has 0 aromatic heterocycles. The maximum atomic E-state index is 11.6. The topological polar surface area (TPSA) is 29.5 Å². The summed E-state index contributed by atoms with van der Waals surface area (Å²) >= 11 is 0. The van der Waals surface area contributed by atoms with Crippen molar-refractivity contribution in [3.63, 3.8) is 0 Å². The van der Waals surface area contributed by atoms with Gasteiger partial charge in [-0.1, -0.05) is 38.0 Å². The second-order valence-electron chi connectivity index (χ2n) is 6.21. The summed E-state index contributed by atoms with van der Waals surface area (Å²) in [7, 11) is 0. The molecule has 0 amide bonds. The Morgan fingerprint density at radius 1 is 1.36 bits per heavy atom. The van der Waals surface area contributed by atoms with E-state index in [0.29, 0.717) is 31.5 Å². The second-order valence-corrected chi connectivity index (χ2v) is 6.21. The van der Waals surface area contributed by atoms with Crippen molar-refractivity contribution >= 4 is 5.78 Å². The molecule has 3 heteroatoms. The third-order valence-corrected chi connectivity index (χ3v) is 3.79. The van der Waals surface area contributed by atoms with E-state index in [0.717, 1.165) is 18.7 Å². The average Bonchev–Trinajstić information content (AvgIpc) is 2.93. The summed E-state index contributed by atoms with van der Waals surface area (Å²) in [5, 5.41) is 0. The summed E-state index contributed by atoms with van der Waals surface area (Å²) in [5.41, 5.74) is 0. The molecule has 1 heterocycles. The van der Waals surface area contributed by atoms with Gasteiger partial charge in [0.2, 0.25) is 5.78 Å². The van der Waals surface area contributed by atoms with Crippen LogP contribution in [0.1, 0.15) is 33.1 Å². The summed E-state index contributed by atoms with van der Waals surface area (Å²) in [6, 6.07) is 10.3. The van der Waals surface area contributed by atoms with E-state index in [1.54, 1.807) is 0 Å². The largest absolute Gasteiger partial charge is 0.492 e. The van der Waals surface area contributed by atoms with Crippen molar-refractivity contribution in [3.05, 3.63) is 30.3 Å². The number of Topliss-reactive ketones (excluding diaryl/α,β-unsaturated/α-hetero) is 1. The van der Waals surface area contributed by atoms with Gasteiger partial charge in [0.25, 0.3) is 0 Å². The van der Waals surface area contributed by atoms with Crippen molar-refractivity contribution in [2.75, 3.05) is 19.7 Å². The van der Waals surface area contributed by atoms with Crippen LogP contribution in [0.5, 0.6) is 5.75 Å². The van der Waals surface area contributed by atoms with Gasteiger partial charge in [0, 0.05) is 12.5 Å². The van der Waals surface area contributed by atoms with Crippen LogP contribution in [-0.2, 0) is 4.79 Å². The number of para-hydroxylation sites is 1. The van der Waals surface area contributed by atoms with Gasteiger partial charge >= 0.3 is 0 Å². The van der Waals surface area contributed by atoms with Gasteiger partial charge in [0.1, 0.15) is 12.4 Å². The lowest BCUT2D eigenvalue weighted by Gasteiger charge is -2.22. The van der Waals surface area contributed by atoms with Crippen molar-refractivity contribution in [2.45, 2.75) is 39.2 Å². The van der Waals surface area contributed by atoms with Gasteiger partial charge in [-0.3, -0.25) is 9.69 Å². The molecule has 1 saturated heterocycles. The van der Waals surface area contributed by atoms with Crippen molar-refractivity contribution in [2.24, 2.45) is 5.92 Å². The fraction of sp³-hybridized carbons (Fsp3) is 0.526. The van der Waals surface area contributed by atoms with Gasteiger partial charge < -0.3 is 4.74 Å². The van der Waals surface area contributed by atoms with Crippen molar-refractivity contribution < 1.29 is 9.53 Å². The van der Waals surface area contributed by atoms with E-state index in [2.05, 4.69) is 16.7 Å². The third kappa shape index (κ3) is 5.54. The molecule has 3 nitrogen and oxygen atoms in total. The number of rotatable bonds is 6. The first-order valence-corrected chi connectivity index (χ1v) is 8.08. The van der Waals surface area contributed by atoms with Crippen molar-refractivity contribution in [1.82, 2.24) is 4.90 Å². The van der Waals surface area contributed by atoms with E-state index in [1.165, 1.54) is 6.42 Å².